The minimum Gasteiger partial charge on any atom is -0.497 e. The molecule has 4 rings (SSSR count). The fraction of sp³-hybridized carbons (Fsp3) is 0.185. The Morgan fingerprint density at radius 3 is 2.39 bits per heavy atom. The lowest BCUT2D eigenvalue weighted by Gasteiger charge is -2.18. The predicted octanol–water partition coefficient (Wildman–Crippen LogP) is 5.15. The van der Waals surface area contributed by atoms with Crippen LogP contribution < -0.4 is 20.7 Å². The van der Waals surface area contributed by atoms with Crippen LogP contribution in [0.1, 0.15) is 18.1 Å². The van der Waals surface area contributed by atoms with Gasteiger partial charge in [-0.15, -0.1) is 10.2 Å². The van der Waals surface area contributed by atoms with E-state index in [4.69, 9.17) is 4.74 Å². The maximum atomic E-state index is 13.2. The van der Waals surface area contributed by atoms with E-state index in [0.717, 1.165) is 28.9 Å². The highest BCUT2D eigenvalue weighted by atomic mass is 32.1. The van der Waals surface area contributed by atoms with Crippen LogP contribution in [-0.4, -0.2) is 35.3 Å². The monoisotopic (exact) mass is 501 g/mol. The third-order valence-corrected chi connectivity index (χ3v) is 6.38. The number of hydrogen-bond donors (Lipinski definition) is 3. The number of ether oxygens (including phenoxy) is 1. The summed E-state index contributed by atoms with van der Waals surface area (Å²) in [7, 11) is 1.61. The van der Waals surface area contributed by atoms with E-state index >= 15 is 0 Å². The molecule has 3 aromatic carbocycles. The molecule has 36 heavy (non-hydrogen) atoms. The van der Waals surface area contributed by atoms with Crippen molar-refractivity contribution in [3.8, 4) is 16.3 Å². The number of urea groups is 1. The van der Waals surface area contributed by atoms with Crippen molar-refractivity contribution in [3.63, 3.8) is 0 Å². The Morgan fingerprint density at radius 2 is 1.67 bits per heavy atom. The van der Waals surface area contributed by atoms with Crippen LogP contribution in [-0.2, 0) is 17.6 Å². The van der Waals surface area contributed by atoms with Gasteiger partial charge in [0.2, 0.25) is 11.0 Å². The topological polar surface area (TPSA) is 105 Å². The zero-order valence-corrected chi connectivity index (χ0v) is 20.8. The first-order valence-electron chi connectivity index (χ1n) is 11.5. The maximum absolute atomic E-state index is 13.2. The molecule has 1 heterocycles. The fourth-order valence-corrected chi connectivity index (χ4v) is 4.32. The van der Waals surface area contributed by atoms with Gasteiger partial charge >= 0.3 is 6.03 Å². The summed E-state index contributed by atoms with van der Waals surface area (Å²) in [6.07, 6.45) is 1.18. The Kier molecular flexibility index (Phi) is 8.25. The first-order valence-corrected chi connectivity index (χ1v) is 12.3. The molecular formula is C27H27N5O3S. The molecule has 184 valence electrons. The second kappa shape index (κ2) is 11.9. The SMILES string of the molecule is CCc1cccc(NC(=O)N[C@@H](Cc2ccccc2)C(=O)Nc2nnc(-c3ccc(OC)cc3)s2)c1. The van der Waals surface area contributed by atoms with Crippen LogP contribution in [0.15, 0.2) is 78.9 Å². The molecular weight excluding hydrogens is 474 g/mol. The smallest absolute Gasteiger partial charge is 0.319 e. The van der Waals surface area contributed by atoms with Crippen molar-refractivity contribution in [1.29, 1.82) is 0 Å². The van der Waals surface area contributed by atoms with Gasteiger partial charge in [-0.25, -0.2) is 4.79 Å². The molecule has 0 saturated heterocycles. The largest absolute Gasteiger partial charge is 0.497 e. The maximum Gasteiger partial charge on any atom is 0.319 e. The molecule has 0 radical (unpaired) electrons. The molecule has 0 aliphatic carbocycles. The first-order chi connectivity index (χ1) is 17.5. The molecule has 0 spiro atoms. The second-order valence-electron chi connectivity index (χ2n) is 8.02. The van der Waals surface area contributed by atoms with Crippen molar-refractivity contribution < 1.29 is 14.3 Å². The average molecular weight is 502 g/mol. The molecule has 1 aromatic heterocycles. The molecule has 8 nitrogen and oxygen atoms in total. The summed E-state index contributed by atoms with van der Waals surface area (Å²) in [5.74, 6) is 0.361. The van der Waals surface area contributed by atoms with Crippen LogP contribution in [0.4, 0.5) is 15.6 Å². The Morgan fingerprint density at radius 1 is 0.917 bits per heavy atom. The van der Waals surface area contributed by atoms with E-state index in [1.54, 1.807) is 7.11 Å². The van der Waals surface area contributed by atoms with E-state index in [1.165, 1.54) is 11.3 Å². The number of methoxy groups -OCH3 is 1. The Bertz CT molecular complexity index is 1310. The van der Waals surface area contributed by atoms with Gasteiger partial charge in [0, 0.05) is 17.7 Å². The van der Waals surface area contributed by atoms with E-state index in [1.807, 2.05) is 85.8 Å². The van der Waals surface area contributed by atoms with E-state index in [0.29, 0.717) is 22.2 Å². The van der Waals surface area contributed by atoms with E-state index in [9.17, 15) is 9.59 Å². The second-order valence-corrected chi connectivity index (χ2v) is 9.00. The number of rotatable bonds is 9. The number of hydrogen-bond acceptors (Lipinski definition) is 6. The standard InChI is InChI=1S/C27H27N5O3S/c1-3-18-10-7-11-21(16-18)28-26(34)29-23(17-19-8-5-4-6-9-19)24(33)30-27-32-31-25(36-27)20-12-14-22(35-2)15-13-20/h4-16,23H,3,17H2,1-2H3,(H2,28,29,34)(H,30,32,33)/t23-/m0/s1. The molecule has 0 aliphatic rings. The first kappa shape index (κ1) is 24.9. The third-order valence-electron chi connectivity index (χ3n) is 5.49. The molecule has 0 unspecified atom stereocenters. The van der Waals surface area contributed by atoms with Gasteiger partial charge in [0.1, 0.15) is 16.8 Å². The average Bonchev–Trinajstić information content (AvgIpc) is 3.37. The summed E-state index contributed by atoms with van der Waals surface area (Å²) in [5, 5.41) is 17.7. The number of nitrogens with one attached hydrogen (secondary N) is 3. The predicted molar refractivity (Wildman–Crippen MR) is 142 cm³/mol. The van der Waals surface area contributed by atoms with Gasteiger partial charge in [0.25, 0.3) is 0 Å². The lowest BCUT2D eigenvalue weighted by molar-refractivity contribution is -0.117. The quantitative estimate of drug-likeness (QED) is 0.294. The number of anilines is 2. The highest BCUT2D eigenvalue weighted by Crippen LogP contribution is 2.28. The van der Waals surface area contributed by atoms with Crippen molar-refractivity contribution >= 4 is 34.1 Å². The normalized spacial score (nSPS) is 11.4. The van der Waals surface area contributed by atoms with Crippen LogP contribution in [0.3, 0.4) is 0 Å². The van der Waals surface area contributed by atoms with Crippen LogP contribution in [0.2, 0.25) is 0 Å². The Balaban J connectivity index is 1.46. The number of carbonyl (C=O) groups excluding carboxylic acids is 2. The molecule has 3 amide bonds. The molecule has 0 aliphatic heterocycles. The Hall–Kier alpha value is -4.24. The number of aromatic nitrogens is 2. The van der Waals surface area contributed by atoms with Gasteiger partial charge in [0.05, 0.1) is 7.11 Å². The zero-order valence-electron chi connectivity index (χ0n) is 20.0. The van der Waals surface area contributed by atoms with E-state index in [2.05, 4.69) is 26.1 Å². The summed E-state index contributed by atoms with van der Waals surface area (Å²) in [6, 6.07) is 23.3. The molecule has 0 bridgehead atoms. The number of aryl methyl sites for hydroxylation is 1. The highest BCUT2D eigenvalue weighted by molar-refractivity contribution is 7.18. The Labute approximate surface area is 213 Å². The molecule has 9 heteroatoms. The number of nitrogens with zero attached hydrogens (tertiary/aromatic N) is 2. The van der Waals surface area contributed by atoms with Crippen LogP contribution in [0, 0.1) is 0 Å². The van der Waals surface area contributed by atoms with Gasteiger partial charge in [0.15, 0.2) is 0 Å². The van der Waals surface area contributed by atoms with Crippen molar-refractivity contribution in [2.75, 3.05) is 17.7 Å². The molecule has 0 fully saturated rings. The van der Waals surface area contributed by atoms with Crippen LogP contribution >= 0.6 is 11.3 Å². The summed E-state index contributed by atoms with van der Waals surface area (Å²) in [4.78, 5) is 26.0. The molecule has 1 atom stereocenters. The van der Waals surface area contributed by atoms with Gasteiger partial charge in [-0.2, -0.15) is 0 Å². The van der Waals surface area contributed by atoms with Gasteiger partial charge in [-0.1, -0.05) is 60.7 Å². The van der Waals surface area contributed by atoms with Crippen LogP contribution in [0.25, 0.3) is 10.6 Å². The number of benzene rings is 3. The van der Waals surface area contributed by atoms with Crippen molar-refractivity contribution in [3.05, 3.63) is 90.0 Å². The van der Waals surface area contributed by atoms with Crippen molar-refractivity contribution in [2.24, 2.45) is 0 Å². The van der Waals surface area contributed by atoms with E-state index in [-0.39, 0.29) is 5.91 Å². The van der Waals surface area contributed by atoms with E-state index < -0.39 is 12.1 Å². The highest BCUT2D eigenvalue weighted by Gasteiger charge is 2.23. The summed E-state index contributed by atoms with van der Waals surface area (Å²) < 4.78 is 5.19. The molecule has 0 saturated carbocycles. The van der Waals surface area contributed by atoms with Crippen molar-refractivity contribution in [2.45, 2.75) is 25.8 Å². The van der Waals surface area contributed by atoms with Gasteiger partial charge in [-0.05, 0) is 53.9 Å². The number of amides is 3. The zero-order chi connectivity index (χ0) is 25.3. The lowest BCUT2D eigenvalue weighted by Crippen LogP contribution is -2.46. The minimum absolute atomic E-state index is 0.319. The van der Waals surface area contributed by atoms with Gasteiger partial charge < -0.3 is 15.4 Å². The summed E-state index contributed by atoms with van der Waals surface area (Å²) in [6.45, 7) is 2.05. The molecule has 4 aromatic rings. The summed E-state index contributed by atoms with van der Waals surface area (Å²) in [5.41, 5.74) is 3.55. The number of carbonyl (C=O) groups is 2. The minimum atomic E-state index is -0.824. The van der Waals surface area contributed by atoms with Crippen molar-refractivity contribution in [1.82, 2.24) is 15.5 Å². The lowest BCUT2D eigenvalue weighted by atomic mass is 10.1. The summed E-state index contributed by atoms with van der Waals surface area (Å²) >= 11 is 1.25. The fourth-order valence-electron chi connectivity index (χ4n) is 3.57. The third kappa shape index (κ3) is 6.67. The molecule has 3 N–H and O–H groups in total. The van der Waals surface area contributed by atoms with Crippen LogP contribution in [0.5, 0.6) is 5.75 Å². The van der Waals surface area contributed by atoms with Gasteiger partial charge in [-0.3, -0.25) is 10.1 Å².